The first-order valence-electron chi connectivity index (χ1n) is 53.4. The van der Waals surface area contributed by atoms with Gasteiger partial charge in [0.1, 0.15) is 98.9 Å². The van der Waals surface area contributed by atoms with E-state index in [1.54, 1.807) is 0 Å². The van der Waals surface area contributed by atoms with E-state index < -0.39 is 0 Å². The summed E-state index contributed by atoms with van der Waals surface area (Å²) in [5, 5.41) is 0. The van der Waals surface area contributed by atoms with Crippen molar-refractivity contribution >= 4 is 0 Å². The van der Waals surface area contributed by atoms with E-state index >= 15 is 0 Å². The van der Waals surface area contributed by atoms with Gasteiger partial charge in [0, 0.05) is 92.4 Å². The summed E-state index contributed by atoms with van der Waals surface area (Å²) in [4.78, 5) is 0. The molecule has 0 unspecified atom stereocenters. The lowest BCUT2D eigenvalue weighted by Crippen LogP contribution is -2.16. The average Bonchev–Trinajstić information content (AvgIpc) is 0.743. The summed E-state index contributed by atoms with van der Waals surface area (Å²) in [5.41, 5.74) is 17.6. The van der Waals surface area contributed by atoms with Gasteiger partial charge < -0.3 is 37.9 Å². The van der Waals surface area contributed by atoms with Gasteiger partial charge in [-0.3, -0.25) is 0 Å². The van der Waals surface area contributed by atoms with Gasteiger partial charge in [-0.2, -0.15) is 0 Å². The second-order valence-corrected chi connectivity index (χ2v) is 38.6. The monoisotopic (exact) mass is 1830 g/mol. The number of unbranched alkanes of at least 4 members (excludes halogenated alkanes) is 32. The Bertz CT molecular complexity index is 4310. The molecular weight excluding hydrogens is 1670 g/mol. The van der Waals surface area contributed by atoms with Crippen molar-refractivity contribution < 1.29 is 37.9 Å². The molecule has 1 aliphatic carbocycles. The van der Waals surface area contributed by atoms with Crippen LogP contribution in [0.25, 0.3) is 0 Å². The van der Waals surface area contributed by atoms with Gasteiger partial charge >= 0.3 is 0 Å². The van der Waals surface area contributed by atoms with Crippen LogP contribution in [0.5, 0.6) is 46.0 Å². The van der Waals surface area contributed by atoms with Crippen molar-refractivity contribution in [2.24, 2.45) is 0 Å². The molecule has 13 rings (SSSR count). The Morgan fingerprint density at radius 3 is 0.382 bits per heavy atom. The number of fused-ring (bicyclic) bond motifs is 8. The molecular formula is C128H160O8. The van der Waals surface area contributed by atoms with E-state index in [0.29, 0.717) is 52.9 Å². The van der Waals surface area contributed by atoms with Gasteiger partial charge in [0.25, 0.3) is 0 Å². The topological polar surface area (TPSA) is 73.8 Å². The van der Waals surface area contributed by atoms with Gasteiger partial charge in [0.2, 0.25) is 0 Å². The van der Waals surface area contributed by atoms with Crippen LogP contribution < -0.4 is 37.9 Å². The molecule has 0 atom stereocenters. The normalized spacial score (nSPS) is 14.0. The van der Waals surface area contributed by atoms with E-state index in [9.17, 15) is 0 Å². The van der Waals surface area contributed by atoms with Gasteiger partial charge in [-0.05, 0) is 94.5 Å². The molecule has 8 nitrogen and oxygen atoms in total. The van der Waals surface area contributed by atoms with Crippen LogP contribution in [-0.4, -0.2) is 0 Å². The molecule has 12 aromatic rings. The van der Waals surface area contributed by atoms with Crippen molar-refractivity contribution in [2.75, 3.05) is 0 Å². The highest BCUT2D eigenvalue weighted by Gasteiger charge is 2.37. The number of ether oxygens (including phenoxy) is 8. The first kappa shape index (κ1) is 102. The molecule has 0 amide bonds. The van der Waals surface area contributed by atoms with E-state index in [0.717, 1.165) is 238 Å². The summed E-state index contributed by atoms with van der Waals surface area (Å²) in [6.45, 7) is 12.1. The highest BCUT2D eigenvalue weighted by atomic mass is 16.5. The van der Waals surface area contributed by atoms with E-state index in [-0.39, 0.29) is 23.7 Å². The van der Waals surface area contributed by atoms with Gasteiger partial charge in [-0.1, -0.05) is 501 Å². The van der Waals surface area contributed by atoms with Crippen LogP contribution >= 0.6 is 0 Å². The van der Waals surface area contributed by atoms with Crippen LogP contribution in [0.2, 0.25) is 0 Å². The van der Waals surface area contributed by atoms with Crippen LogP contribution in [0.15, 0.2) is 291 Å². The smallest absolute Gasteiger partial charge is 0.127 e. The predicted molar refractivity (Wildman–Crippen MR) is 567 cm³/mol. The Hall–Kier alpha value is -11.0. The standard InChI is InChI=1S/C128H160O8/c1-5-9-13-17-21-25-29-33-61-81-109-113-85-115(123(131-95-103-69-49-39-50-70-103)89-121(113)129-93-101-65-45-37-46-66-101)110(82-62-34-30-26-22-18-14-10-6-2)117-87-119(127(135-99-107-77-57-43-58-78-107)91-125(117)133-97-105-73-53-41-54-74-105)112(84-64-36-32-28-24-20-16-12-8-4)120-88-118(126(134-98-106-75-55-42-56-76-106)92-128(120)136-100-108-79-59-44-60-80-108)111(83-63-35-31-27-23-19-15-11-7-3)116-86-114(109)122(130-94-102-67-47-38-48-68-102)90-124(116)132-96-104-71-51-40-52-72-104/h37-60,65-80,85-92,109-112H,5-36,61-64,81-84,93-100H2,1-4H3. The van der Waals surface area contributed by atoms with Crippen molar-refractivity contribution in [3.63, 3.8) is 0 Å². The van der Waals surface area contributed by atoms with Gasteiger partial charge in [-0.25, -0.2) is 0 Å². The molecule has 0 saturated heterocycles. The molecule has 0 aliphatic heterocycles. The summed E-state index contributed by atoms with van der Waals surface area (Å²) in [5.74, 6) is 5.19. The van der Waals surface area contributed by atoms with Crippen molar-refractivity contribution in [3.05, 3.63) is 380 Å². The Balaban J connectivity index is 1.17. The highest BCUT2D eigenvalue weighted by Crippen LogP contribution is 2.55. The maximum atomic E-state index is 7.79. The molecule has 0 fully saturated rings. The zero-order valence-corrected chi connectivity index (χ0v) is 83.2. The minimum atomic E-state index is -0.295. The maximum absolute atomic E-state index is 7.79. The van der Waals surface area contributed by atoms with Crippen molar-refractivity contribution in [1.29, 1.82) is 0 Å². The zero-order chi connectivity index (χ0) is 93.7. The minimum absolute atomic E-state index is 0.295. The quantitative estimate of drug-likeness (QED) is 0.0349. The minimum Gasteiger partial charge on any atom is -0.488 e. The zero-order valence-electron chi connectivity index (χ0n) is 83.2. The van der Waals surface area contributed by atoms with Gasteiger partial charge in [-0.15, -0.1) is 0 Å². The summed E-state index contributed by atoms with van der Waals surface area (Å²) < 4.78 is 62.3. The molecule has 0 radical (unpaired) electrons. The Labute approximate surface area is 819 Å². The highest BCUT2D eigenvalue weighted by molar-refractivity contribution is 5.64. The molecule has 0 aromatic heterocycles. The summed E-state index contributed by atoms with van der Waals surface area (Å²) in [6, 6.07) is 106. The molecule has 720 valence electrons. The first-order valence-corrected chi connectivity index (χ1v) is 53.4. The third-order valence-electron chi connectivity index (χ3n) is 27.9. The Morgan fingerprint density at radius 2 is 0.257 bits per heavy atom. The van der Waals surface area contributed by atoms with Crippen molar-refractivity contribution in [1.82, 2.24) is 0 Å². The third kappa shape index (κ3) is 33.7. The van der Waals surface area contributed by atoms with Gasteiger partial charge in [0.15, 0.2) is 0 Å². The van der Waals surface area contributed by atoms with Gasteiger partial charge in [0.05, 0.1) is 0 Å². The van der Waals surface area contributed by atoms with E-state index in [1.165, 1.54) is 154 Å². The first-order chi connectivity index (χ1) is 67.4. The van der Waals surface area contributed by atoms with E-state index in [2.05, 4.69) is 319 Å². The summed E-state index contributed by atoms with van der Waals surface area (Å²) >= 11 is 0. The molecule has 8 bridgehead atoms. The molecule has 8 heteroatoms. The molecule has 1 aliphatic rings. The molecule has 12 aromatic carbocycles. The number of hydrogen-bond donors (Lipinski definition) is 0. The molecule has 0 N–H and O–H groups in total. The fourth-order valence-corrected chi connectivity index (χ4v) is 20.0. The van der Waals surface area contributed by atoms with Crippen molar-refractivity contribution in [2.45, 2.75) is 361 Å². The predicted octanol–water partition coefficient (Wildman–Crippen LogP) is 36.8. The molecule has 0 spiro atoms. The lowest BCUT2D eigenvalue weighted by Gasteiger charge is -2.32. The van der Waals surface area contributed by atoms with Crippen LogP contribution in [0, 0.1) is 0 Å². The fourth-order valence-electron chi connectivity index (χ4n) is 20.0. The lowest BCUT2D eigenvalue weighted by atomic mass is 9.76. The lowest BCUT2D eigenvalue weighted by molar-refractivity contribution is 0.277. The Morgan fingerprint density at radius 1 is 0.140 bits per heavy atom. The van der Waals surface area contributed by atoms with Crippen LogP contribution in [0.1, 0.15) is 397 Å². The average molecular weight is 1830 g/mol. The SMILES string of the molecule is CCCCCCCCCCCC1c2cc(c(OCc3ccccc3)cc2OCc2ccccc2)C(CCCCCCCCCCC)c2cc(c(OCc3ccccc3)cc2OCc2ccccc2)C(CCCCCCCCCCC)c2cc(c(OCc3ccccc3)cc2OCc2ccccc2)C(CCCCCCCCCCC)c2cc1c(OCc1ccccc1)cc2OCc1ccccc1. The van der Waals surface area contributed by atoms with Crippen LogP contribution in [0.4, 0.5) is 0 Å². The molecule has 0 saturated carbocycles. The fraction of sp³-hybridized carbons (Fsp3) is 0.438. The van der Waals surface area contributed by atoms with Crippen LogP contribution in [0.3, 0.4) is 0 Å². The second-order valence-electron chi connectivity index (χ2n) is 38.6. The molecule has 136 heavy (non-hydrogen) atoms. The largest absolute Gasteiger partial charge is 0.488 e. The number of benzene rings is 12. The summed E-state index contributed by atoms with van der Waals surface area (Å²) in [7, 11) is 0. The maximum Gasteiger partial charge on any atom is 0.127 e. The van der Waals surface area contributed by atoms with E-state index in [4.69, 9.17) is 37.9 Å². The second kappa shape index (κ2) is 59.9. The third-order valence-corrected chi connectivity index (χ3v) is 27.9. The number of rotatable bonds is 64. The van der Waals surface area contributed by atoms with Crippen LogP contribution in [-0.2, 0) is 52.9 Å². The van der Waals surface area contributed by atoms with Crippen molar-refractivity contribution in [3.8, 4) is 46.0 Å². The Kier molecular flexibility index (Phi) is 45.1. The molecule has 0 heterocycles. The summed E-state index contributed by atoms with van der Waals surface area (Å²) in [6.07, 6.45) is 46.3. The van der Waals surface area contributed by atoms with E-state index in [1.807, 2.05) is 0 Å². The number of hydrogen-bond acceptors (Lipinski definition) is 8.